The van der Waals surface area contributed by atoms with Gasteiger partial charge in [-0.2, -0.15) is 0 Å². The quantitative estimate of drug-likeness (QED) is 0.354. The number of fused-ring (bicyclic) bond motifs is 1. The third-order valence-corrected chi connectivity index (χ3v) is 6.61. The lowest BCUT2D eigenvalue weighted by molar-refractivity contribution is 0.150. The number of guanidine groups is 1. The SMILES string of the molecule is CCNC(=NCC1CCOc2ccccc21)NC1CCN(C2CCCC2)CC1.I. The van der Waals surface area contributed by atoms with Crippen molar-refractivity contribution in [3.8, 4) is 5.75 Å². The van der Waals surface area contributed by atoms with Gasteiger partial charge in [-0.3, -0.25) is 4.99 Å². The van der Waals surface area contributed by atoms with Crippen molar-refractivity contribution in [2.24, 2.45) is 4.99 Å². The first-order chi connectivity index (χ1) is 13.8. The highest BCUT2D eigenvalue weighted by atomic mass is 127. The molecule has 2 heterocycles. The lowest BCUT2D eigenvalue weighted by Crippen LogP contribution is -2.50. The van der Waals surface area contributed by atoms with E-state index in [1.165, 1.54) is 57.2 Å². The van der Waals surface area contributed by atoms with Crippen LogP contribution in [-0.4, -0.2) is 55.7 Å². The summed E-state index contributed by atoms with van der Waals surface area (Å²) in [5, 5.41) is 7.17. The topological polar surface area (TPSA) is 48.9 Å². The highest BCUT2D eigenvalue weighted by Gasteiger charge is 2.27. The Morgan fingerprint density at radius 3 is 2.62 bits per heavy atom. The number of aliphatic imine (C=N–C) groups is 1. The molecule has 2 aliphatic heterocycles. The maximum Gasteiger partial charge on any atom is 0.191 e. The van der Waals surface area contributed by atoms with E-state index in [0.717, 1.165) is 43.9 Å². The number of para-hydroxylation sites is 1. The summed E-state index contributed by atoms with van der Waals surface area (Å²) in [6.07, 6.45) is 9.16. The van der Waals surface area contributed by atoms with Gasteiger partial charge in [0.15, 0.2) is 5.96 Å². The van der Waals surface area contributed by atoms with Crippen molar-refractivity contribution in [2.75, 3.05) is 32.8 Å². The predicted octanol–water partition coefficient (Wildman–Crippen LogP) is 4.13. The Labute approximate surface area is 193 Å². The standard InChI is InChI=1S/C23H36N4O.HI/c1-2-24-23(25-17-18-13-16-28-22-10-6-5-9-21(18)22)26-19-11-14-27(15-12-19)20-7-3-4-8-20;/h5-6,9-10,18-20H,2-4,7-8,11-17H2,1H3,(H2,24,25,26);1H. The molecule has 5 nitrogen and oxygen atoms in total. The fourth-order valence-corrected chi connectivity index (χ4v) is 5.00. The molecular weight excluding hydrogens is 475 g/mol. The molecule has 1 unspecified atom stereocenters. The van der Waals surface area contributed by atoms with Gasteiger partial charge in [-0.15, -0.1) is 24.0 Å². The summed E-state index contributed by atoms with van der Waals surface area (Å²) in [7, 11) is 0. The Morgan fingerprint density at radius 1 is 1.10 bits per heavy atom. The number of ether oxygens (including phenoxy) is 1. The molecule has 162 valence electrons. The highest BCUT2D eigenvalue weighted by molar-refractivity contribution is 14.0. The number of nitrogens with zero attached hydrogens (tertiary/aromatic N) is 2. The zero-order valence-electron chi connectivity index (χ0n) is 17.7. The van der Waals surface area contributed by atoms with Crippen LogP contribution in [0.2, 0.25) is 0 Å². The minimum atomic E-state index is 0. The summed E-state index contributed by atoms with van der Waals surface area (Å²) in [4.78, 5) is 7.68. The van der Waals surface area contributed by atoms with Crippen LogP contribution in [0.1, 0.15) is 63.4 Å². The Hall–Kier alpha value is -1.02. The molecule has 0 radical (unpaired) electrons. The third-order valence-electron chi connectivity index (χ3n) is 6.61. The van der Waals surface area contributed by atoms with Crippen molar-refractivity contribution in [1.82, 2.24) is 15.5 Å². The number of likely N-dealkylation sites (tertiary alicyclic amines) is 1. The molecule has 1 atom stereocenters. The molecule has 0 bridgehead atoms. The van der Waals surface area contributed by atoms with Crippen LogP contribution in [0, 0.1) is 0 Å². The zero-order valence-corrected chi connectivity index (χ0v) is 20.1. The lowest BCUT2D eigenvalue weighted by Gasteiger charge is -2.36. The van der Waals surface area contributed by atoms with Crippen LogP contribution in [0.15, 0.2) is 29.3 Å². The number of nitrogens with one attached hydrogen (secondary N) is 2. The first-order valence-electron chi connectivity index (χ1n) is 11.3. The fraction of sp³-hybridized carbons (Fsp3) is 0.696. The van der Waals surface area contributed by atoms with E-state index in [-0.39, 0.29) is 24.0 Å². The van der Waals surface area contributed by atoms with Crippen molar-refractivity contribution >= 4 is 29.9 Å². The van der Waals surface area contributed by atoms with Gasteiger partial charge in [0.1, 0.15) is 5.75 Å². The van der Waals surface area contributed by atoms with Crippen molar-refractivity contribution in [3.05, 3.63) is 29.8 Å². The Balaban J connectivity index is 0.00000240. The van der Waals surface area contributed by atoms with Gasteiger partial charge in [0.25, 0.3) is 0 Å². The van der Waals surface area contributed by atoms with E-state index in [0.29, 0.717) is 12.0 Å². The molecule has 2 fully saturated rings. The van der Waals surface area contributed by atoms with E-state index in [1.807, 2.05) is 6.07 Å². The molecule has 1 aromatic rings. The van der Waals surface area contributed by atoms with Crippen LogP contribution < -0.4 is 15.4 Å². The molecule has 1 aromatic carbocycles. The van der Waals surface area contributed by atoms with Crippen molar-refractivity contribution in [3.63, 3.8) is 0 Å². The molecule has 1 saturated carbocycles. The van der Waals surface area contributed by atoms with E-state index in [4.69, 9.17) is 9.73 Å². The molecule has 0 aromatic heterocycles. The molecule has 0 spiro atoms. The van der Waals surface area contributed by atoms with Gasteiger partial charge in [-0.25, -0.2) is 0 Å². The molecule has 1 aliphatic carbocycles. The summed E-state index contributed by atoms with van der Waals surface area (Å²) in [6.45, 7) is 7.11. The van der Waals surface area contributed by atoms with Crippen LogP contribution in [0.4, 0.5) is 0 Å². The van der Waals surface area contributed by atoms with Gasteiger partial charge < -0.3 is 20.3 Å². The van der Waals surface area contributed by atoms with Gasteiger partial charge in [-0.1, -0.05) is 31.0 Å². The minimum absolute atomic E-state index is 0. The van der Waals surface area contributed by atoms with Crippen molar-refractivity contribution < 1.29 is 4.74 Å². The maximum absolute atomic E-state index is 5.80. The predicted molar refractivity (Wildman–Crippen MR) is 131 cm³/mol. The maximum atomic E-state index is 5.80. The first kappa shape index (κ1) is 22.7. The average Bonchev–Trinajstić information content (AvgIpc) is 3.27. The number of rotatable bonds is 5. The first-order valence-corrected chi connectivity index (χ1v) is 11.3. The van der Waals surface area contributed by atoms with Gasteiger partial charge in [0, 0.05) is 44.2 Å². The largest absolute Gasteiger partial charge is 0.493 e. The van der Waals surface area contributed by atoms with E-state index >= 15 is 0 Å². The van der Waals surface area contributed by atoms with Crippen LogP contribution in [0.5, 0.6) is 5.75 Å². The van der Waals surface area contributed by atoms with E-state index in [1.54, 1.807) is 0 Å². The number of halogens is 1. The average molecular weight is 512 g/mol. The van der Waals surface area contributed by atoms with Crippen molar-refractivity contribution in [2.45, 2.75) is 69.9 Å². The molecule has 4 rings (SSSR count). The van der Waals surface area contributed by atoms with Gasteiger partial charge in [0.05, 0.1) is 6.61 Å². The van der Waals surface area contributed by atoms with Gasteiger partial charge >= 0.3 is 0 Å². The number of benzene rings is 1. The smallest absolute Gasteiger partial charge is 0.191 e. The summed E-state index contributed by atoms with van der Waals surface area (Å²) < 4.78 is 5.80. The van der Waals surface area contributed by atoms with E-state index < -0.39 is 0 Å². The summed E-state index contributed by atoms with van der Waals surface area (Å²) in [5.41, 5.74) is 1.30. The van der Waals surface area contributed by atoms with Crippen LogP contribution in [-0.2, 0) is 0 Å². The summed E-state index contributed by atoms with van der Waals surface area (Å²) in [5.74, 6) is 2.46. The molecule has 1 saturated heterocycles. The summed E-state index contributed by atoms with van der Waals surface area (Å²) in [6, 6.07) is 9.81. The molecule has 6 heteroatoms. The molecule has 0 amide bonds. The second kappa shape index (κ2) is 11.4. The molecule has 29 heavy (non-hydrogen) atoms. The molecule has 2 N–H and O–H groups in total. The molecular formula is C23H37IN4O. The second-order valence-corrected chi connectivity index (χ2v) is 8.48. The van der Waals surface area contributed by atoms with Crippen LogP contribution in [0.3, 0.4) is 0 Å². The number of hydrogen-bond donors (Lipinski definition) is 2. The Morgan fingerprint density at radius 2 is 1.86 bits per heavy atom. The Bertz CT molecular complexity index is 654. The zero-order chi connectivity index (χ0) is 19.2. The van der Waals surface area contributed by atoms with Crippen LogP contribution >= 0.6 is 24.0 Å². The highest BCUT2D eigenvalue weighted by Crippen LogP contribution is 2.33. The number of piperidine rings is 1. The van der Waals surface area contributed by atoms with E-state index in [9.17, 15) is 0 Å². The second-order valence-electron chi connectivity index (χ2n) is 8.48. The lowest BCUT2D eigenvalue weighted by atomic mass is 9.93. The van der Waals surface area contributed by atoms with Gasteiger partial charge in [0.2, 0.25) is 0 Å². The Kier molecular flexibility index (Phi) is 8.90. The monoisotopic (exact) mass is 512 g/mol. The van der Waals surface area contributed by atoms with Gasteiger partial charge in [-0.05, 0) is 50.7 Å². The molecule has 3 aliphatic rings. The summed E-state index contributed by atoms with van der Waals surface area (Å²) >= 11 is 0. The van der Waals surface area contributed by atoms with E-state index in [2.05, 4.69) is 40.7 Å². The van der Waals surface area contributed by atoms with Crippen molar-refractivity contribution in [1.29, 1.82) is 0 Å². The fourth-order valence-electron chi connectivity index (χ4n) is 5.00. The normalized spacial score (nSPS) is 23.8. The number of hydrogen-bond acceptors (Lipinski definition) is 3. The van der Waals surface area contributed by atoms with Crippen LogP contribution in [0.25, 0.3) is 0 Å². The minimum Gasteiger partial charge on any atom is -0.493 e. The third kappa shape index (κ3) is 6.00.